The van der Waals surface area contributed by atoms with Crippen molar-refractivity contribution in [3.8, 4) is 17.1 Å². The van der Waals surface area contributed by atoms with Crippen LogP contribution in [0.25, 0.3) is 33.5 Å². The molecule has 28 heavy (non-hydrogen) atoms. The molecule has 2 aromatic carbocycles. The maximum atomic E-state index is 6.11. The lowest BCUT2D eigenvalue weighted by Gasteiger charge is -2.18. The number of aryl methyl sites for hydroxylation is 1. The third-order valence-electron chi connectivity index (χ3n) is 5.71. The first kappa shape index (κ1) is 15.8. The smallest absolute Gasteiger partial charge is 0.292 e. The van der Waals surface area contributed by atoms with Gasteiger partial charge in [-0.25, -0.2) is 4.98 Å². The lowest BCUT2D eigenvalue weighted by atomic mass is 10.2. The SMILES string of the molecule is Nc1nc2cc(-c3nc4cc(N5CCCC5)cc5c4n3CCCO5)ccc2o1. The van der Waals surface area contributed by atoms with Crippen LogP contribution in [0.15, 0.2) is 34.7 Å². The van der Waals surface area contributed by atoms with Crippen molar-refractivity contribution in [1.29, 1.82) is 0 Å². The number of hydrogen-bond acceptors (Lipinski definition) is 6. The Morgan fingerprint density at radius 1 is 0.929 bits per heavy atom. The van der Waals surface area contributed by atoms with Crippen molar-refractivity contribution in [3.05, 3.63) is 30.3 Å². The van der Waals surface area contributed by atoms with Crippen LogP contribution < -0.4 is 15.4 Å². The molecule has 2 aliphatic rings. The Bertz CT molecular complexity index is 1200. The molecule has 0 spiro atoms. The van der Waals surface area contributed by atoms with Crippen LogP contribution in [0.2, 0.25) is 0 Å². The second kappa shape index (κ2) is 5.89. The van der Waals surface area contributed by atoms with E-state index in [0.29, 0.717) is 5.58 Å². The highest BCUT2D eigenvalue weighted by Gasteiger charge is 2.23. The molecule has 2 aromatic heterocycles. The maximum absolute atomic E-state index is 6.11. The van der Waals surface area contributed by atoms with Gasteiger partial charge in [-0.15, -0.1) is 0 Å². The summed E-state index contributed by atoms with van der Waals surface area (Å²) < 4.78 is 13.8. The number of nitrogen functional groups attached to an aromatic ring is 1. The van der Waals surface area contributed by atoms with Gasteiger partial charge in [-0.3, -0.25) is 0 Å². The second-order valence-corrected chi connectivity index (χ2v) is 7.53. The maximum Gasteiger partial charge on any atom is 0.292 e. The molecule has 2 aliphatic heterocycles. The topological polar surface area (TPSA) is 82.3 Å². The van der Waals surface area contributed by atoms with E-state index in [1.807, 2.05) is 18.2 Å². The molecular formula is C21H21N5O2. The van der Waals surface area contributed by atoms with E-state index in [4.69, 9.17) is 19.9 Å². The van der Waals surface area contributed by atoms with E-state index < -0.39 is 0 Å². The molecule has 4 aromatic rings. The minimum absolute atomic E-state index is 0.185. The van der Waals surface area contributed by atoms with Crippen molar-refractivity contribution >= 4 is 33.8 Å². The largest absolute Gasteiger partial charge is 0.491 e. The zero-order valence-corrected chi connectivity index (χ0v) is 15.5. The first-order valence-corrected chi connectivity index (χ1v) is 9.85. The Balaban J connectivity index is 1.56. The molecule has 0 aliphatic carbocycles. The van der Waals surface area contributed by atoms with Crippen LogP contribution >= 0.6 is 0 Å². The summed E-state index contributed by atoms with van der Waals surface area (Å²) >= 11 is 0. The van der Waals surface area contributed by atoms with Crippen LogP contribution in [0.5, 0.6) is 5.75 Å². The lowest BCUT2D eigenvalue weighted by molar-refractivity contribution is 0.316. The van der Waals surface area contributed by atoms with Crippen LogP contribution in [0.1, 0.15) is 19.3 Å². The molecule has 0 radical (unpaired) electrons. The number of nitrogens with two attached hydrogens (primary N) is 1. The molecule has 7 nitrogen and oxygen atoms in total. The summed E-state index contributed by atoms with van der Waals surface area (Å²) in [5.41, 5.74) is 11.4. The Morgan fingerprint density at radius 2 is 1.82 bits per heavy atom. The Labute approximate surface area is 161 Å². The Hall–Kier alpha value is -3.22. The van der Waals surface area contributed by atoms with Gasteiger partial charge in [0.15, 0.2) is 5.58 Å². The van der Waals surface area contributed by atoms with Crippen molar-refractivity contribution in [2.24, 2.45) is 0 Å². The number of aromatic nitrogens is 3. The van der Waals surface area contributed by atoms with Crippen molar-refractivity contribution < 1.29 is 9.15 Å². The number of ether oxygens (including phenoxy) is 1. The number of nitrogens with zero attached hydrogens (tertiary/aromatic N) is 4. The van der Waals surface area contributed by atoms with Crippen LogP contribution in [0.3, 0.4) is 0 Å². The molecule has 6 rings (SSSR count). The normalized spacial score (nSPS) is 16.6. The first-order valence-electron chi connectivity index (χ1n) is 9.85. The average Bonchev–Trinajstić information content (AvgIpc) is 3.38. The Morgan fingerprint density at radius 3 is 2.71 bits per heavy atom. The summed E-state index contributed by atoms with van der Waals surface area (Å²) in [6.07, 6.45) is 3.44. The zero-order chi connectivity index (χ0) is 18.7. The summed E-state index contributed by atoms with van der Waals surface area (Å²) in [5, 5.41) is 0. The minimum Gasteiger partial charge on any atom is -0.491 e. The molecule has 2 N–H and O–H groups in total. The van der Waals surface area contributed by atoms with E-state index >= 15 is 0 Å². The van der Waals surface area contributed by atoms with Crippen LogP contribution in [-0.4, -0.2) is 34.2 Å². The molecule has 7 heteroatoms. The van der Waals surface area contributed by atoms with Gasteiger partial charge in [-0.2, -0.15) is 4.98 Å². The monoisotopic (exact) mass is 375 g/mol. The van der Waals surface area contributed by atoms with Gasteiger partial charge in [0, 0.05) is 37.0 Å². The number of oxazole rings is 1. The highest BCUT2D eigenvalue weighted by Crippen LogP contribution is 2.38. The van der Waals surface area contributed by atoms with Gasteiger partial charge in [0.05, 0.1) is 12.1 Å². The lowest BCUT2D eigenvalue weighted by Crippen LogP contribution is -2.17. The van der Waals surface area contributed by atoms with Crippen molar-refractivity contribution in [2.45, 2.75) is 25.8 Å². The zero-order valence-electron chi connectivity index (χ0n) is 15.5. The fraction of sp³-hybridized carbons (Fsp3) is 0.333. The summed E-state index contributed by atoms with van der Waals surface area (Å²) in [6.45, 7) is 3.80. The fourth-order valence-electron chi connectivity index (χ4n) is 4.41. The number of anilines is 2. The van der Waals surface area contributed by atoms with Gasteiger partial charge in [-0.05, 0) is 43.5 Å². The summed E-state index contributed by atoms with van der Waals surface area (Å²) in [7, 11) is 0. The van der Waals surface area contributed by atoms with Crippen molar-refractivity contribution in [1.82, 2.24) is 14.5 Å². The highest BCUT2D eigenvalue weighted by atomic mass is 16.5. The van der Waals surface area contributed by atoms with Gasteiger partial charge in [0.1, 0.15) is 22.6 Å². The van der Waals surface area contributed by atoms with Gasteiger partial charge in [0.25, 0.3) is 6.01 Å². The summed E-state index contributed by atoms with van der Waals surface area (Å²) in [4.78, 5) is 11.7. The van der Waals surface area contributed by atoms with E-state index in [0.717, 1.165) is 66.3 Å². The third-order valence-corrected chi connectivity index (χ3v) is 5.71. The molecular weight excluding hydrogens is 354 g/mol. The van der Waals surface area contributed by atoms with Gasteiger partial charge in [-0.1, -0.05) is 0 Å². The van der Waals surface area contributed by atoms with E-state index in [9.17, 15) is 0 Å². The molecule has 0 amide bonds. The standard InChI is InChI=1S/C21H21N5O2/c22-21-24-15-10-13(4-5-17(15)28-21)20-23-16-11-14(25-6-1-2-7-25)12-18-19(16)26(20)8-3-9-27-18/h4-5,10-12H,1-3,6-9H2,(H2,22,24). The number of hydrogen-bond donors (Lipinski definition) is 1. The van der Waals surface area contributed by atoms with E-state index in [-0.39, 0.29) is 6.01 Å². The van der Waals surface area contributed by atoms with Gasteiger partial charge < -0.3 is 24.4 Å². The second-order valence-electron chi connectivity index (χ2n) is 7.53. The van der Waals surface area contributed by atoms with E-state index in [1.165, 1.54) is 18.5 Å². The number of fused-ring (bicyclic) bond motifs is 1. The van der Waals surface area contributed by atoms with Crippen LogP contribution in [0.4, 0.5) is 11.7 Å². The van der Waals surface area contributed by atoms with Crippen LogP contribution in [0, 0.1) is 0 Å². The third kappa shape index (κ3) is 2.35. The molecule has 142 valence electrons. The van der Waals surface area contributed by atoms with Crippen LogP contribution in [-0.2, 0) is 6.54 Å². The number of benzene rings is 2. The van der Waals surface area contributed by atoms with E-state index in [1.54, 1.807) is 0 Å². The predicted molar refractivity (Wildman–Crippen MR) is 109 cm³/mol. The molecule has 4 heterocycles. The van der Waals surface area contributed by atoms with Gasteiger partial charge >= 0.3 is 0 Å². The predicted octanol–water partition coefficient (Wildman–Crippen LogP) is 3.81. The van der Waals surface area contributed by atoms with E-state index in [2.05, 4.69) is 26.6 Å². The molecule has 0 atom stereocenters. The summed E-state index contributed by atoms with van der Waals surface area (Å²) in [5.74, 6) is 1.87. The van der Waals surface area contributed by atoms with Crippen molar-refractivity contribution in [2.75, 3.05) is 30.3 Å². The number of imidazole rings is 1. The Kier molecular flexibility index (Phi) is 3.32. The minimum atomic E-state index is 0.185. The highest BCUT2D eigenvalue weighted by molar-refractivity contribution is 5.91. The molecule has 0 saturated carbocycles. The number of rotatable bonds is 2. The molecule has 0 unspecified atom stereocenters. The first-order chi connectivity index (χ1) is 13.8. The quantitative estimate of drug-likeness (QED) is 0.574. The van der Waals surface area contributed by atoms with Crippen molar-refractivity contribution in [3.63, 3.8) is 0 Å². The fourth-order valence-corrected chi connectivity index (χ4v) is 4.41. The average molecular weight is 375 g/mol. The summed E-state index contributed by atoms with van der Waals surface area (Å²) in [6, 6.07) is 10.5. The molecule has 1 saturated heterocycles. The van der Waals surface area contributed by atoms with Gasteiger partial charge in [0.2, 0.25) is 0 Å². The molecule has 0 bridgehead atoms. The molecule has 1 fully saturated rings.